The molecule has 0 atom stereocenters. The van der Waals surface area contributed by atoms with Crippen molar-refractivity contribution in [3.63, 3.8) is 0 Å². The summed E-state index contributed by atoms with van der Waals surface area (Å²) in [6.07, 6.45) is 4.17. The minimum absolute atomic E-state index is 0.499. The number of oxazole rings is 1. The van der Waals surface area contributed by atoms with Crippen molar-refractivity contribution in [2.24, 2.45) is 10.9 Å². The first-order valence-electron chi connectivity index (χ1n) is 9.45. The number of aromatic nitrogens is 1. The van der Waals surface area contributed by atoms with Gasteiger partial charge in [-0.15, -0.1) is 0 Å². The molecule has 6 nitrogen and oxygen atoms in total. The molecule has 2 heterocycles. The molecule has 6 heteroatoms. The van der Waals surface area contributed by atoms with Crippen molar-refractivity contribution in [2.45, 2.75) is 26.3 Å². The summed E-state index contributed by atoms with van der Waals surface area (Å²) in [6.45, 7) is 6.75. The van der Waals surface area contributed by atoms with Crippen LogP contribution in [0, 0.1) is 5.92 Å². The van der Waals surface area contributed by atoms with Crippen LogP contribution in [0.15, 0.2) is 46.0 Å². The summed E-state index contributed by atoms with van der Waals surface area (Å²) in [4.78, 5) is 11.6. The lowest BCUT2D eigenvalue weighted by atomic mass is 9.97. The van der Waals surface area contributed by atoms with Gasteiger partial charge >= 0.3 is 0 Å². The Hall–Kier alpha value is -2.34. The van der Waals surface area contributed by atoms with Gasteiger partial charge in [-0.1, -0.05) is 18.2 Å². The average Bonchev–Trinajstić information content (AvgIpc) is 3.15. The van der Waals surface area contributed by atoms with Crippen LogP contribution in [0.5, 0.6) is 0 Å². The lowest BCUT2D eigenvalue weighted by molar-refractivity contribution is 0.220. The molecule has 0 amide bonds. The smallest absolute Gasteiger partial charge is 0.226 e. The van der Waals surface area contributed by atoms with E-state index in [9.17, 15) is 0 Å². The Kier molecular flexibility index (Phi) is 6.66. The topological polar surface area (TPSA) is 65.7 Å². The molecule has 1 aromatic heterocycles. The van der Waals surface area contributed by atoms with Crippen LogP contribution in [0.4, 0.5) is 0 Å². The molecule has 2 aromatic rings. The molecule has 0 aliphatic carbocycles. The quantitative estimate of drug-likeness (QED) is 0.616. The molecule has 0 saturated carbocycles. The van der Waals surface area contributed by atoms with Gasteiger partial charge in [0.25, 0.3) is 0 Å². The normalized spacial score (nSPS) is 16.6. The molecule has 3 rings (SSSR count). The van der Waals surface area contributed by atoms with Crippen molar-refractivity contribution in [2.75, 3.05) is 33.2 Å². The third kappa shape index (κ3) is 5.33. The van der Waals surface area contributed by atoms with Gasteiger partial charge in [0, 0.05) is 18.7 Å². The Morgan fingerprint density at radius 2 is 2.00 bits per heavy atom. The first kappa shape index (κ1) is 18.5. The first-order valence-corrected chi connectivity index (χ1v) is 9.45. The monoisotopic (exact) mass is 355 g/mol. The van der Waals surface area contributed by atoms with Crippen molar-refractivity contribution in [1.82, 2.24) is 20.5 Å². The van der Waals surface area contributed by atoms with Crippen LogP contribution in [-0.4, -0.2) is 49.1 Å². The predicted molar refractivity (Wildman–Crippen MR) is 105 cm³/mol. The molecule has 140 valence electrons. The molecular weight excluding hydrogens is 326 g/mol. The van der Waals surface area contributed by atoms with Crippen LogP contribution >= 0.6 is 0 Å². The lowest BCUT2D eigenvalue weighted by Gasteiger charge is -2.29. The highest BCUT2D eigenvalue weighted by Crippen LogP contribution is 2.18. The molecule has 1 aliphatic heterocycles. The van der Waals surface area contributed by atoms with E-state index in [0.717, 1.165) is 30.3 Å². The number of piperidine rings is 1. The molecule has 0 radical (unpaired) electrons. The average molecular weight is 355 g/mol. The van der Waals surface area contributed by atoms with Gasteiger partial charge in [0.1, 0.15) is 12.0 Å². The third-order valence-electron chi connectivity index (χ3n) is 4.71. The number of aliphatic imine (C=N–C) groups is 1. The second-order valence-corrected chi connectivity index (χ2v) is 6.83. The fraction of sp³-hybridized carbons (Fsp3) is 0.500. The van der Waals surface area contributed by atoms with Crippen molar-refractivity contribution < 1.29 is 4.42 Å². The second-order valence-electron chi connectivity index (χ2n) is 6.83. The van der Waals surface area contributed by atoms with Gasteiger partial charge in [0.05, 0.1) is 6.54 Å². The number of hydrogen-bond donors (Lipinski definition) is 2. The number of nitrogens with zero attached hydrogens (tertiary/aromatic N) is 3. The maximum atomic E-state index is 5.58. The Morgan fingerprint density at radius 3 is 2.73 bits per heavy atom. The molecule has 1 aromatic carbocycles. The summed E-state index contributed by atoms with van der Waals surface area (Å²) in [5.41, 5.74) is 1.82. The molecule has 1 fully saturated rings. The molecule has 1 saturated heterocycles. The Morgan fingerprint density at radius 1 is 1.23 bits per heavy atom. The minimum atomic E-state index is 0.499. The molecule has 1 aliphatic rings. The largest absolute Gasteiger partial charge is 0.444 e. The van der Waals surface area contributed by atoms with Crippen molar-refractivity contribution in [1.29, 1.82) is 0 Å². The fourth-order valence-electron chi connectivity index (χ4n) is 3.10. The zero-order chi connectivity index (χ0) is 18.2. The molecule has 0 bridgehead atoms. The van der Waals surface area contributed by atoms with E-state index in [0.29, 0.717) is 18.4 Å². The Bertz CT molecular complexity index is 689. The van der Waals surface area contributed by atoms with Gasteiger partial charge in [-0.25, -0.2) is 9.98 Å². The lowest BCUT2D eigenvalue weighted by Crippen LogP contribution is -2.42. The number of guanidine groups is 1. The molecular formula is C20H29N5O. The highest BCUT2D eigenvalue weighted by Gasteiger charge is 2.16. The van der Waals surface area contributed by atoms with Crippen molar-refractivity contribution in [3.8, 4) is 11.5 Å². The van der Waals surface area contributed by atoms with E-state index in [-0.39, 0.29) is 0 Å². The summed E-state index contributed by atoms with van der Waals surface area (Å²) < 4.78 is 5.58. The summed E-state index contributed by atoms with van der Waals surface area (Å²) in [5, 5.41) is 6.79. The van der Waals surface area contributed by atoms with Crippen molar-refractivity contribution >= 4 is 5.96 Å². The van der Waals surface area contributed by atoms with Gasteiger partial charge in [0.15, 0.2) is 5.96 Å². The number of nitrogens with one attached hydrogen (secondary N) is 2. The maximum absolute atomic E-state index is 5.58. The minimum Gasteiger partial charge on any atom is -0.444 e. The fourth-order valence-corrected chi connectivity index (χ4v) is 3.10. The number of hydrogen-bond acceptors (Lipinski definition) is 4. The van der Waals surface area contributed by atoms with Gasteiger partial charge in [-0.05, 0) is 58.0 Å². The highest BCUT2D eigenvalue weighted by molar-refractivity contribution is 5.79. The first-order chi connectivity index (χ1) is 12.7. The van der Waals surface area contributed by atoms with Gasteiger partial charge in [-0.2, -0.15) is 0 Å². The molecule has 0 unspecified atom stereocenters. The van der Waals surface area contributed by atoms with E-state index in [1.54, 1.807) is 6.26 Å². The second kappa shape index (κ2) is 9.38. The van der Waals surface area contributed by atoms with Crippen LogP contribution in [-0.2, 0) is 6.54 Å². The predicted octanol–water partition coefficient (Wildman–Crippen LogP) is 2.74. The summed E-state index contributed by atoms with van der Waals surface area (Å²) >= 11 is 0. The third-order valence-corrected chi connectivity index (χ3v) is 4.71. The Labute approximate surface area is 155 Å². The number of likely N-dealkylation sites (tertiary alicyclic amines) is 1. The van der Waals surface area contributed by atoms with Crippen LogP contribution in [0.1, 0.15) is 25.5 Å². The maximum Gasteiger partial charge on any atom is 0.226 e. The molecule has 26 heavy (non-hydrogen) atoms. The van der Waals surface area contributed by atoms with Crippen LogP contribution in [0.2, 0.25) is 0 Å². The summed E-state index contributed by atoms with van der Waals surface area (Å²) in [7, 11) is 2.19. The van der Waals surface area contributed by atoms with E-state index in [4.69, 9.17) is 4.42 Å². The standard InChI is InChI=1S/C20H29N5O/c1-3-21-20(22-13-16-9-11-25(2)12-10-16)23-14-18-15-26-19(24-18)17-7-5-4-6-8-17/h4-8,15-16H,3,9-14H2,1-2H3,(H2,21,22,23). The van der Waals surface area contributed by atoms with E-state index in [1.807, 2.05) is 30.3 Å². The van der Waals surface area contributed by atoms with Crippen LogP contribution < -0.4 is 10.6 Å². The van der Waals surface area contributed by atoms with Gasteiger partial charge < -0.3 is 20.0 Å². The van der Waals surface area contributed by atoms with E-state index >= 15 is 0 Å². The summed E-state index contributed by atoms with van der Waals surface area (Å²) in [6, 6.07) is 9.93. The van der Waals surface area contributed by atoms with Crippen LogP contribution in [0.3, 0.4) is 0 Å². The van der Waals surface area contributed by atoms with Gasteiger partial charge in [0.2, 0.25) is 5.89 Å². The zero-order valence-electron chi connectivity index (χ0n) is 15.7. The number of benzene rings is 1. The van der Waals surface area contributed by atoms with Crippen LogP contribution in [0.25, 0.3) is 11.5 Å². The van der Waals surface area contributed by atoms with Crippen molar-refractivity contribution in [3.05, 3.63) is 42.3 Å². The zero-order valence-corrected chi connectivity index (χ0v) is 15.7. The SMILES string of the molecule is CCNC(=NCc1coc(-c2ccccc2)n1)NCC1CCN(C)CC1. The Balaban J connectivity index is 1.54. The van der Waals surface area contributed by atoms with E-state index < -0.39 is 0 Å². The molecule has 0 spiro atoms. The summed E-state index contributed by atoms with van der Waals surface area (Å²) in [5.74, 6) is 2.20. The van der Waals surface area contributed by atoms with E-state index in [2.05, 4.69) is 39.5 Å². The highest BCUT2D eigenvalue weighted by atomic mass is 16.3. The molecule has 2 N–H and O–H groups in total. The van der Waals surface area contributed by atoms with Gasteiger partial charge in [-0.3, -0.25) is 0 Å². The van der Waals surface area contributed by atoms with E-state index in [1.165, 1.54) is 25.9 Å². The number of rotatable bonds is 6.